The van der Waals surface area contributed by atoms with E-state index in [4.69, 9.17) is 0 Å². The third kappa shape index (κ3) is 7.88. The third-order valence-electron chi connectivity index (χ3n) is 9.55. The van der Waals surface area contributed by atoms with Crippen molar-refractivity contribution in [1.82, 2.24) is 0 Å². The summed E-state index contributed by atoms with van der Waals surface area (Å²) < 4.78 is 0. The summed E-state index contributed by atoms with van der Waals surface area (Å²) in [5.41, 5.74) is 0. The minimum absolute atomic E-state index is 1.09. The quantitative estimate of drug-likeness (QED) is 0.301. The highest BCUT2D eigenvalue weighted by Gasteiger charge is 2.34. The fraction of sp³-hybridized carbons (Fsp3) is 1.00. The van der Waals surface area contributed by atoms with Crippen molar-refractivity contribution in [3.63, 3.8) is 0 Å². The molecule has 29 heavy (non-hydrogen) atoms. The zero-order valence-electron chi connectivity index (χ0n) is 20.3. The highest BCUT2D eigenvalue weighted by Crippen LogP contribution is 2.47. The summed E-state index contributed by atoms with van der Waals surface area (Å²) in [7, 11) is 0. The highest BCUT2D eigenvalue weighted by molar-refractivity contribution is 4.86. The molecule has 0 saturated heterocycles. The average molecular weight is 403 g/mol. The maximum Gasteiger partial charge on any atom is -0.0383 e. The van der Waals surface area contributed by atoms with Gasteiger partial charge in [0.05, 0.1) is 0 Å². The van der Waals surface area contributed by atoms with E-state index in [1.807, 2.05) is 0 Å². The zero-order chi connectivity index (χ0) is 20.3. The molecule has 3 rings (SSSR count). The Morgan fingerprint density at radius 1 is 0.448 bits per heavy atom. The average Bonchev–Trinajstić information content (AvgIpc) is 2.78. The van der Waals surface area contributed by atoms with Gasteiger partial charge in [-0.1, -0.05) is 104 Å². The molecular weight excluding hydrogens is 348 g/mol. The number of rotatable bonds is 11. The van der Waals surface area contributed by atoms with Crippen LogP contribution in [0.4, 0.5) is 0 Å². The van der Waals surface area contributed by atoms with Crippen LogP contribution in [0, 0.1) is 35.5 Å². The molecule has 3 saturated carbocycles. The van der Waals surface area contributed by atoms with Gasteiger partial charge in [-0.3, -0.25) is 0 Å². The smallest absolute Gasteiger partial charge is 0.0383 e. The van der Waals surface area contributed by atoms with Crippen LogP contribution in [0.3, 0.4) is 0 Å². The Balaban J connectivity index is 1.32. The Labute approximate surface area is 184 Å². The van der Waals surface area contributed by atoms with Crippen molar-refractivity contribution < 1.29 is 0 Å². The molecule has 0 N–H and O–H groups in total. The van der Waals surface area contributed by atoms with E-state index in [-0.39, 0.29) is 0 Å². The molecule has 170 valence electrons. The minimum atomic E-state index is 1.09. The van der Waals surface area contributed by atoms with Gasteiger partial charge in [-0.25, -0.2) is 0 Å². The lowest BCUT2D eigenvalue weighted by atomic mass is 9.64. The fourth-order valence-electron chi connectivity index (χ4n) is 7.59. The van der Waals surface area contributed by atoms with Gasteiger partial charge in [-0.2, -0.15) is 0 Å². The Morgan fingerprint density at radius 2 is 1.00 bits per heavy atom. The molecule has 3 aliphatic rings. The molecular formula is C29H54. The van der Waals surface area contributed by atoms with Crippen LogP contribution in [-0.4, -0.2) is 0 Å². The first-order valence-electron chi connectivity index (χ1n) is 14.3. The van der Waals surface area contributed by atoms with Gasteiger partial charge in [0.25, 0.3) is 0 Å². The van der Waals surface area contributed by atoms with E-state index in [9.17, 15) is 0 Å². The van der Waals surface area contributed by atoms with Crippen molar-refractivity contribution in [2.45, 2.75) is 149 Å². The Kier molecular flexibility index (Phi) is 10.9. The molecule has 0 heterocycles. The van der Waals surface area contributed by atoms with Crippen molar-refractivity contribution in [2.24, 2.45) is 35.5 Å². The monoisotopic (exact) mass is 402 g/mol. The van der Waals surface area contributed by atoms with Gasteiger partial charge in [-0.15, -0.1) is 0 Å². The second-order valence-electron chi connectivity index (χ2n) is 11.6. The van der Waals surface area contributed by atoms with Gasteiger partial charge < -0.3 is 0 Å². The molecule has 0 heteroatoms. The molecule has 0 aromatic rings. The first-order valence-corrected chi connectivity index (χ1v) is 14.3. The molecule has 3 fully saturated rings. The summed E-state index contributed by atoms with van der Waals surface area (Å²) in [5, 5.41) is 0. The molecule has 0 spiro atoms. The van der Waals surface area contributed by atoms with Crippen LogP contribution in [0.1, 0.15) is 149 Å². The van der Waals surface area contributed by atoms with Gasteiger partial charge >= 0.3 is 0 Å². The standard InChI is InChI=1S/C29H54/c1-3-5-7-8-9-12-25-13-10-14-29(23-25)28-21-19-27(20-22-28)26-17-15-24(16-18-26)11-6-4-2/h24-29H,3-23H2,1-2H3/t24?,25-,26?,27?,28?,29+/m0/s1. The number of hydrogen-bond donors (Lipinski definition) is 0. The van der Waals surface area contributed by atoms with Crippen molar-refractivity contribution in [3.8, 4) is 0 Å². The van der Waals surface area contributed by atoms with Gasteiger partial charge in [-0.05, 0) is 80.5 Å². The van der Waals surface area contributed by atoms with Gasteiger partial charge in [0, 0.05) is 0 Å². The van der Waals surface area contributed by atoms with E-state index >= 15 is 0 Å². The minimum Gasteiger partial charge on any atom is -0.0654 e. The molecule has 0 bridgehead atoms. The fourth-order valence-corrected chi connectivity index (χ4v) is 7.59. The first-order chi connectivity index (χ1) is 14.3. The van der Waals surface area contributed by atoms with Gasteiger partial charge in [0.1, 0.15) is 0 Å². The summed E-state index contributed by atoms with van der Waals surface area (Å²) in [6, 6.07) is 0. The molecule has 0 unspecified atom stereocenters. The Hall–Kier alpha value is 0. The van der Waals surface area contributed by atoms with Crippen LogP contribution < -0.4 is 0 Å². The molecule has 0 radical (unpaired) electrons. The van der Waals surface area contributed by atoms with Crippen molar-refractivity contribution in [1.29, 1.82) is 0 Å². The van der Waals surface area contributed by atoms with Gasteiger partial charge in [0.2, 0.25) is 0 Å². The molecule has 0 nitrogen and oxygen atoms in total. The highest BCUT2D eigenvalue weighted by atomic mass is 14.4. The lowest BCUT2D eigenvalue weighted by Gasteiger charge is -2.41. The predicted octanol–water partition coefficient (Wildman–Crippen LogP) is 9.96. The summed E-state index contributed by atoms with van der Waals surface area (Å²) in [5.74, 6) is 6.60. The Bertz CT molecular complexity index is 396. The molecule has 2 atom stereocenters. The number of hydrogen-bond acceptors (Lipinski definition) is 0. The predicted molar refractivity (Wildman–Crippen MR) is 129 cm³/mol. The van der Waals surface area contributed by atoms with E-state index in [1.165, 1.54) is 51.4 Å². The normalized spacial score (nSPS) is 36.2. The lowest BCUT2D eigenvalue weighted by molar-refractivity contribution is 0.0981. The van der Waals surface area contributed by atoms with Crippen LogP contribution in [0.15, 0.2) is 0 Å². The summed E-state index contributed by atoms with van der Waals surface area (Å²) in [4.78, 5) is 0. The van der Waals surface area contributed by atoms with Crippen LogP contribution in [0.2, 0.25) is 0 Å². The maximum atomic E-state index is 2.35. The van der Waals surface area contributed by atoms with Crippen LogP contribution >= 0.6 is 0 Å². The summed E-state index contributed by atoms with van der Waals surface area (Å²) in [6.45, 7) is 4.69. The van der Waals surface area contributed by atoms with Crippen LogP contribution in [0.25, 0.3) is 0 Å². The van der Waals surface area contributed by atoms with Crippen LogP contribution in [0.5, 0.6) is 0 Å². The van der Waals surface area contributed by atoms with E-state index in [2.05, 4.69) is 13.8 Å². The molecule has 0 aromatic carbocycles. The third-order valence-corrected chi connectivity index (χ3v) is 9.55. The lowest BCUT2D eigenvalue weighted by Crippen LogP contribution is -2.30. The SMILES string of the molecule is CCCCCCC[C@H]1CCC[C@@H](C2CCC(C3CCC(CCCC)CC3)CC2)C1. The Morgan fingerprint density at radius 3 is 1.66 bits per heavy atom. The van der Waals surface area contributed by atoms with Crippen LogP contribution in [-0.2, 0) is 0 Å². The molecule has 3 aliphatic carbocycles. The first kappa shape index (κ1) is 23.7. The molecule has 0 aliphatic heterocycles. The topological polar surface area (TPSA) is 0 Å². The van der Waals surface area contributed by atoms with E-state index in [0.29, 0.717) is 0 Å². The van der Waals surface area contributed by atoms with Crippen molar-refractivity contribution in [2.75, 3.05) is 0 Å². The van der Waals surface area contributed by atoms with Gasteiger partial charge in [0.15, 0.2) is 0 Å². The second kappa shape index (κ2) is 13.4. The second-order valence-corrected chi connectivity index (χ2v) is 11.6. The van der Waals surface area contributed by atoms with E-state index in [0.717, 1.165) is 35.5 Å². The summed E-state index contributed by atoms with van der Waals surface area (Å²) in [6.07, 6.45) is 32.2. The largest absolute Gasteiger partial charge is 0.0654 e. The molecule has 0 aromatic heterocycles. The zero-order valence-corrected chi connectivity index (χ0v) is 20.3. The van der Waals surface area contributed by atoms with Crippen molar-refractivity contribution >= 4 is 0 Å². The van der Waals surface area contributed by atoms with E-state index in [1.54, 1.807) is 83.5 Å². The molecule has 0 amide bonds. The number of unbranched alkanes of at least 4 members (excludes halogenated alkanes) is 5. The summed E-state index contributed by atoms with van der Waals surface area (Å²) >= 11 is 0. The maximum absolute atomic E-state index is 2.35. The van der Waals surface area contributed by atoms with Crippen molar-refractivity contribution in [3.05, 3.63) is 0 Å². The van der Waals surface area contributed by atoms with E-state index < -0.39 is 0 Å².